The van der Waals surface area contributed by atoms with Crippen LogP contribution >= 0.6 is 11.8 Å². The van der Waals surface area contributed by atoms with Crippen molar-refractivity contribution in [2.45, 2.75) is 18.4 Å². The maximum Gasteiger partial charge on any atom is 0.317 e. The highest BCUT2D eigenvalue weighted by molar-refractivity contribution is 7.99. The van der Waals surface area contributed by atoms with E-state index < -0.39 is 11.9 Å². The molecule has 0 bridgehead atoms. The Balaban J connectivity index is 1.92. The summed E-state index contributed by atoms with van der Waals surface area (Å²) in [5.41, 5.74) is 0.698. The number of carbonyl (C=O) groups excluding carboxylic acids is 1. The number of nitrogens with zero attached hydrogens (tertiary/aromatic N) is 1. The summed E-state index contributed by atoms with van der Waals surface area (Å²) in [6.45, 7) is 0.0996. The van der Waals surface area contributed by atoms with Crippen LogP contribution in [0.4, 0.5) is 4.79 Å². The number of amides is 2. The molecule has 0 spiro atoms. The third kappa shape index (κ3) is 4.14. The summed E-state index contributed by atoms with van der Waals surface area (Å²) in [4.78, 5) is 25.2. The Morgan fingerprint density at radius 1 is 1.43 bits per heavy atom. The molecule has 0 radical (unpaired) electrons. The predicted octanol–water partition coefficient (Wildman–Crippen LogP) is 2.00. The summed E-state index contributed by atoms with van der Waals surface area (Å²) in [5.74, 6) is 0.372. The highest BCUT2D eigenvalue weighted by Gasteiger charge is 2.25. The molecular formula is C15H20N2O3S. The number of nitrogens with one attached hydrogen (secondary N) is 1. The van der Waals surface area contributed by atoms with Crippen molar-refractivity contribution in [2.24, 2.45) is 0 Å². The highest BCUT2D eigenvalue weighted by Crippen LogP contribution is 2.21. The molecule has 1 heterocycles. The molecule has 1 aliphatic rings. The Morgan fingerprint density at radius 2 is 2.14 bits per heavy atom. The minimum atomic E-state index is -0.930. The quantitative estimate of drug-likeness (QED) is 0.873. The van der Waals surface area contributed by atoms with Crippen molar-refractivity contribution in [1.82, 2.24) is 10.2 Å². The molecule has 1 fully saturated rings. The van der Waals surface area contributed by atoms with Crippen LogP contribution in [0.25, 0.3) is 0 Å². The van der Waals surface area contributed by atoms with Gasteiger partial charge < -0.3 is 15.3 Å². The van der Waals surface area contributed by atoms with Gasteiger partial charge in [-0.1, -0.05) is 30.3 Å². The second-order valence-electron chi connectivity index (χ2n) is 5.12. The third-order valence-electron chi connectivity index (χ3n) is 3.73. The first-order chi connectivity index (χ1) is 10.1. The minimum Gasteiger partial charge on any atom is -0.481 e. The van der Waals surface area contributed by atoms with Gasteiger partial charge in [0.05, 0.1) is 5.92 Å². The molecule has 2 N–H and O–H groups in total. The molecule has 0 aliphatic carbocycles. The lowest BCUT2D eigenvalue weighted by Gasteiger charge is -2.25. The molecule has 0 saturated carbocycles. The zero-order valence-corrected chi connectivity index (χ0v) is 12.8. The standard InChI is InChI=1S/C15H20N2O3S/c1-17(12-7-8-21-10-12)15(20)16-9-13(14(18)19)11-5-3-2-4-6-11/h2-6,12-13H,7-10H2,1H3,(H,16,20)(H,18,19). The zero-order chi connectivity index (χ0) is 15.2. The summed E-state index contributed by atoms with van der Waals surface area (Å²) in [7, 11) is 1.77. The van der Waals surface area contributed by atoms with Crippen molar-refractivity contribution in [3.8, 4) is 0 Å². The summed E-state index contributed by atoms with van der Waals surface area (Å²) in [5, 5.41) is 12.1. The van der Waals surface area contributed by atoms with Gasteiger partial charge in [0.1, 0.15) is 0 Å². The van der Waals surface area contributed by atoms with Crippen LogP contribution in [0, 0.1) is 0 Å². The molecular weight excluding hydrogens is 288 g/mol. The van der Waals surface area contributed by atoms with E-state index in [1.54, 1.807) is 36.2 Å². The lowest BCUT2D eigenvalue weighted by atomic mass is 9.99. The number of carboxylic acid groups (broad SMARTS) is 1. The number of carbonyl (C=O) groups is 2. The van der Waals surface area contributed by atoms with E-state index in [2.05, 4.69) is 5.32 Å². The van der Waals surface area contributed by atoms with Gasteiger partial charge in [0, 0.05) is 25.4 Å². The fourth-order valence-corrected chi connectivity index (χ4v) is 3.61. The lowest BCUT2D eigenvalue weighted by molar-refractivity contribution is -0.138. The average Bonchev–Trinajstić information content (AvgIpc) is 3.01. The molecule has 1 aliphatic heterocycles. The minimum absolute atomic E-state index is 0.0996. The van der Waals surface area contributed by atoms with Crippen LogP contribution in [0.3, 0.4) is 0 Å². The second-order valence-corrected chi connectivity index (χ2v) is 6.27. The number of benzene rings is 1. The van der Waals surface area contributed by atoms with E-state index in [0.29, 0.717) is 5.56 Å². The Morgan fingerprint density at radius 3 is 2.71 bits per heavy atom. The van der Waals surface area contributed by atoms with Crippen LogP contribution in [-0.2, 0) is 4.79 Å². The molecule has 1 aromatic rings. The van der Waals surface area contributed by atoms with Crippen LogP contribution in [0.1, 0.15) is 17.9 Å². The van der Waals surface area contributed by atoms with Gasteiger partial charge >= 0.3 is 12.0 Å². The van der Waals surface area contributed by atoms with Gasteiger partial charge in [0.2, 0.25) is 0 Å². The molecule has 5 nitrogen and oxygen atoms in total. The SMILES string of the molecule is CN(C(=O)NCC(C(=O)O)c1ccccc1)C1CCSC1. The van der Waals surface area contributed by atoms with Crippen molar-refractivity contribution in [3.63, 3.8) is 0 Å². The van der Waals surface area contributed by atoms with Crippen LogP contribution in [0.5, 0.6) is 0 Å². The highest BCUT2D eigenvalue weighted by atomic mass is 32.2. The molecule has 1 aromatic carbocycles. The van der Waals surface area contributed by atoms with E-state index >= 15 is 0 Å². The number of aliphatic carboxylic acids is 1. The van der Waals surface area contributed by atoms with Crippen molar-refractivity contribution < 1.29 is 14.7 Å². The van der Waals surface area contributed by atoms with Crippen molar-refractivity contribution in [3.05, 3.63) is 35.9 Å². The molecule has 114 valence electrons. The first kappa shape index (κ1) is 15.7. The largest absolute Gasteiger partial charge is 0.481 e. The number of thioether (sulfide) groups is 1. The van der Waals surface area contributed by atoms with Crippen LogP contribution in [0.15, 0.2) is 30.3 Å². The molecule has 2 amide bonds. The zero-order valence-electron chi connectivity index (χ0n) is 12.0. The Kier molecular flexibility index (Phi) is 5.50. The second kappa shape index (κ2) is 7.36. The normalized spacial score (nSPS) is 19.0. The van der Waals surface area contributed by atoms with Crippen molar-refractivity contribution >= 4 is 23.8 Å². The van der Waals surface area contributed by atoms with E-state index in [1.165, 1.54) is 0 Å². The number of urea groups is 1. The molecule has 6 heteroatoms. The number of hydrogen-bond donors (Lipinski definition) is 2. The van der Waals surface area contributed by atoms with Crippen LogP contribution < -0.4 is 5.32 Å². The Labute approximate surface area is 128 Å². The van der Waals surface area contributed by atoms with Gasteiger partial charge in [0.25, 0.3) is 0 Å². The molecule has 2 atom stereocenters. The van der Waals surface area contributed by atoms with Gasteiger partial charge in [-0.05, 0) is 17.7 Å². The third-order valence-corrected chi connectivity index (χ3v) is 4.88. The fraction of sp³-hybridized carbons (Fsp3) is 0.467. The topological polar surface area (TPSA) is 69.6 Å². The molecule has 21 heavy (non-hydrogen) atoms. The summed E-state index contributed by atoms with van der Waals surface area (Å²) in [6.07, 6.45) is 0.996. The van der Waals surface area contributed by atoms with E-state index in [-0.39, 0.29) is 18.6 Å². The van der Waals surface area contributed by atoms with Gasteiger partial charge in [-0.15, -0.1) is 0 Å². The van der Waals surface area contributed by atoms with Gasteiger partial charge in [-0.3, -0.25) is 4.79 Å². The van der Waals surface area contributed by atoms with E-state index in [9.17, 15) is 14.7 Å². The van der Waals surface area contributed by atoms with Gasteiger partial charge in [-0.25, -0.2) is 4.79 Å². The van der Waals surface area contributed by atoms with E-state index in [1.807, 2.05) is 17.8 Å². The Bertz CT molecular complexity index is 489. The molecule has 2 rings (SSSR count). The van der Waals surface area contributed by atoms with Gasteiger partial charge in [-0.2, -0.15) is 11.8 Å². The smallest absolute Gasteiger partial charge is 0.317 e. The molecule has 2 unspecified atom stereocenters. The van der Waals surface area contributed by atoms with E-state index in [4.69, 9.17) is 0 Å². The summed E-state index contributed by atoms with van der Waals surface area (Å²) >= 11 is 1.84. The maximum absolute atomic E-state index is 12.1. The first-order valence-electron chi connectivity index (χ1n) is 6.95. The van der Waals surface area contributed by atoms with Crippen LogP contribution in [-0.4, -0.2) is 53.1 Å². The fourth-order valence-electron chi connectivity index (χ4n) is 2.34. The Hall–Kier alpha value is -1.69. The van der Waals surface area contributed by atoms with Crippen molar-refractivity contribution in [1.29, 1.82) is 0 Å². The molecule has 0 aromatic heterocycles. The van der Waals surface area contributed by atoms with E-state index in [0.717, 1.165) is 17.9 Å². The monoisotopic (exact) mass is 308 g/mol. The average molecular weight is 308 g/mol. The number of hydrogen-bond acceptors (Lipinski definition) is 3. The maximum atomic E-state index is 12.1. The molecule has 1 saturated heterocycles. The lowest BCUT2D eigenvalue weighted by Crippen LogP contribution is -2.45. The summed E-state index contributed by atoms with van der Waals surface area (Å²) in [6, 6.07) is 9.01. The number of carboxylic acids is 1. The predicted molar refractivity (Wildman–Crippen MR) is 83.7 cm³/mol. The summed E-state index contributed by atoms with van der Waals surface area (Å²) < 4.78 is 0. The number of rotatable bonds is 5. The first-order valence-corrected chi connectivity index (χ1v) is 8.11. The van der Waals surface area contributed by atoms with Crippen molar-refractivity contribution in [2.75, 3.05) is 25.1 Å². The van der Waals surface area contributed by atoms with Gasteiger partial charge in [0.15, 0.2) is 0 Å². The van der Waals surface area contributed by atoms with Crippen LogP contribution in [0.2, 0.25) is 0 Å².